The average Bonchev–Trinajstić information content (AvgIpc) is 2.18. The number of rotatable bonds is 3. The monoisotopic (exact) mass is 230 g/mol. The molecule has 0 spiro atoms. The summed E-state index contributed by atoms with van der Waals surface area (Å²) < 4.78 is 23.1. The van der Waals surface area contributed by atoms with Crippen molar-refractivity contribution >= 4 is 15.8 Å². The van der Waals surface area contributed by atoms with Crippen molar-refractivity contribution in [2.45, 2.75) is 30.9 Å². The minimum atomic E-state index is -3.21. The van der Waals surface area contributed by atoms with Crippen molar-refractivity contribution < 1.29 is 18.3 Å². The molecule has 84 valence electrons. The van der Waals surface area contributed by atoms with Gasteiger partial charge in [0, 0.05) is 0 Å². The molecule has 1 aliphatic rings. The van der Waals surface area contributed by atoms with Gasteiger partial charge in [-0.15, -0.1) is 6.42 Å². The first-order valence-electron chi connectivity index (χ1n) is 4.85. The molecule has 0 aromatic heterocycles. The third-order valence-corrected chi connectivity index (χ3v) is 4.87. The van der Waals surface area contributed by atoms with Crippen LogP contribution >= 0.6 is 0 Å². The lowest BCUT2D eigenvalue weighted by Crippen LogP contribution is -2.31. The summed E-state index contributed by atoms with van der Waals surface area (Å²) in [6.45, 7) is 0. The molecule has 0 aliphatic heterocycles. The Bertz CT molecular complexity index is 369. The molecule has 4 nitrogen and oxygen atoms in total. The molecule has 1 saturated carbocycles. The Morgan fingerprint density at radius 1 is 1.33 bits per heavy atom. The van der Waals surface area contributed by atoms with Crippen LogP contribution in [0.15, 0.2) is 0 Å². The number of hydrogen-bond donors (Lipinski definition) is 1. The average molecular weight is 230 g/mol. The minimum absolute atomic E-state index is 0.241. The summed E-state index contributed by atoms with van der Waals surface area (Å²) in [7, 11) is -3.21. The lowest BCUT2D eigenvalue weighted by Gasteiger charge is -2.25. The highest BCUT2D eigenvalue weighted by molar-refractivity contribution is 7.92. The molecule has 0 radical (unpaired) electrons. The van der Waals surface area contributed by atoms with Gasteiger partial charge in [-0.1, -0.05) is 5.92 Å². The number of carboxylic acid groups (broad SMARTS) is 1. The SMILES string of the molecule is C#CCS(=O)(=O)C1CCC(C(=O)O)CC1. The molecule has 0 bridgehead atoms. The molecule has 0 amide bonds. The fourth-order valence-electron chi connectivity index (χ4n) is 1.90. The maximum absolute atomic E-state index is 11.6. The van der Waals surface area contributed by atoms with Crippen LogP contribution in [0.3, 0.4) is 0 Å². The summed E-state index contributed by atoms with van der Waals surface area (Å²) in [6, 6.07) is 0. The highest BCUT2D eigenvalue weighted by Gasteiger charge is 2.32. The van der Waals surface area contributed by atoms with Crippen LogP contribution in [-0.2, 0) is 14.6 Å². The van der Waals surface area contributed by atoms with E-state index in [1.54, 1.807) is 0 Å². The van der Waals surface area contributed by atoms with E-state index in [1.807, 2.05) is 0 Å². The van der Waals surface area contributed by atoms with Gasteiger partial charge in [-0.05, 0) is 25.7 Å². The first-order chi connectivity index (χ1) is 6.97. The Morgan fingerprint density at radius 2 is 1.87 bits per heavy atom. The van der Waals surface area contributed by atoms with E-state index in [9.17, 15) is 13.2 Å². The number of hydrogen-bond acceptors (Lipinski definition) is 3. The van der Waals surface area contributed by atoms with Gasteiger partial charge in [0.15, 0.2) is 9.84 Å². The Morgan fingerprint density at radius 3 is 2.27 bits per heavy atom. The van der Waals surface area contributed by atoms with Gasteiger partial charge < -0.3 is 5.11 Å². The normalized spacial score (nSPS) is 26.9. The van der Waals surface area contributed by atoms with Gasteiger partial charge in [0.25, 0.3) is 0 Å². The first kappa shape index (κ1) is 12.1. The van der Waals surface area contributed by atoms with Crippen LogP contribution < -0.4 is 0 Å². The van der Waals surface area contributed by atoms with Crippen molar-refractivity contribution in [1.29, 1.82) is 0 Å². The first-order valence-corrected chi connectivity index (χ1v) is 6.56. The van der Waals surface area contributed by atoms with Gasteiger partial charge in [-0.3, -0.25) is 4.79 Å². The van der Waals surface area contributed by atoms with Crippen LogP contribution in [0, 0.1) is 18.3 Å². The zero-order valence-electron chi connectivity index (χ0n) is 8.35. The highest BCUT2D eigenvalue weighted by atomic mass is 32.2. The van der Waals surface area contributed by atoms with E-state index >= 15 is 0 Å². The Kier molecular flexibility index (Phi) is 3.75. The summed E-state index contributed by atoms with van der Waals surface area (Å²) in [6.07, 6.45) is 6.68. The van der Waals surface area contributed by atoms with E-state index in [2.05, 4.69) is 5.92 Å². The Balaban J connectivity index is 2.59. The molecular weight excluding hydrogens is 216 g/mol. The molecule has 1 aliphatic carbocycles. The van der Waals surface area contributed by atoms with Crippen molar-refractivity contribution in [2.24, 2.45) is 5.92 Å². The van der Waals surface area contributed by atoms with Crippen LogP contribution in [0.4, 0.5) is 0 Å². The fourth-order valence-corrected chi connectivity index (χ4v) is 3.36. The number of aliphatic carboxylic acids is 1. The molecule has 0 unspecified atom stereocenters. The van der Waals surface area contributed by atoms with Crippen molar-refractivity contribution in [1.82, 2.24) is 0 Å². The minimum Gasteiger partial charge on any atom is -0.481 e. The standard InChI is InChI=1S/C10H14O4S/c1-2-7-15(13,14)9-5-3-8(4-6-9)10(11)12/h1,8-9H,3-7H2,(H,11,12). The summed E-state index contributed by atoms with van der Waals surface area (Å²) in [4.78, 5) is 10.7. The molecule has 0 aromatic rings. The molecule has 5 heteroatoms. The summed E-state index contributed by atoms with van der Waals surface area (Å²) in [5.41, 5.74) is 0. The molecule has 0 heterocycles. The lowest BCUT2D eigenvalue weighted by molar-refractivity contribution is -0.142. The van der Waals surface area contributed by atoms with E-state index < -0.39 is 21.1 Å². The quantitative estimate of drug-likeness (QED) is 0.724. The van der Waals surface area contributed by atoms with Crippen molar-refractivity contribution in [3.63, 3.8) is 0 Å². The third-order valence-electron chi connectivity index (χ3n) is 2.82. The van der Waals surface area contributed by atoms with Crippen molar-refractivity contribution in [3.05, 3.63) is 0 Å². The number of carbonyl (C=O) groups is 1. The predicted octanol–water partition coefficient (Wildman–Crippen LogP) is 0.678. The molecule has 15 heavy (non-hydrogen) atoms. The zero-order valence-corrected chi connectivity index (χ0v) is 9.16. The summed E-state index contributed by atoms with van der Waals surface area (Å²) >= 11 is 0. The van der Waals surface area contributed by atoms with Crippen LogP contribution in [-0.4, -0.2) is 30.5 Å². The molecule has 1 rings (SSSR count). The maximum atomic E-state index is 11.6. The lowest BCUT2D eigenvalue weighted by atomic mass is 9.89. The topological polar surface area (TPSA) is 71.4 Å². The van der Waals surface area contributed by atoms with Crippen LogP contribution in [0.2, 0.25) is 0 Å². The third kappa shape index (κ3) is 2.96. The molecule has 0 saturated heterocycles. The maximum Gasteiger partial charge on any atom is 0.306 e. The van der Waals surface area contributed by atoms with E-state index in [0.29, 0.717) is 25.7 Å². The number of carboxylic acids is 1. The van der Waals surface area contributed by atoms with E-state index in [1.165, 1.54) is 0 Å². The van der Waals surface area contributed by atoms with Gasteiger partial charge >= 0.3 is 5.97 Å². The van der Waals surface area contributed by atoms with Crippen LogP contribution in [0.5, 0.6) is 0 Å². The molecular formula is C10H14O4S. The number of sulfone groups is 1. The largest absolute Gasteiger partial charge is 0.481 e. The second-order valence-electron chi connectivity index (χ2n) is 3.82. The van der Waals surface area contributed by atoms with Crippen molar-refractivity contribution in [3.8, 4) is 12.3 Å². The second-order valence-corrected chi connectivity index (χ2v) is 6.10. The summed E-state index contributed by atoms with van der Waals surface area (Å²) in [5.74, 6) is 0.677. The highest BCUT2D eigenvalue weighted by Crippen LogP contribution is 2.28. The van der Waals surface area contributed by atoms with Crippen LogP contribution in [0.25, 0.3) is 0 Å². The van der Waals surface area contributed by atoms with E-state index in [0.717, 1.165) is 0 Å². The van der Waals surface area contributed by atoms with Gasteiger partial charge in [0.05, 0.1) is 11.2 Å². The van der Waals surface area contributed by atoms with Gasteiger partial charge in [-0.25, -0.2) is 8.42 Å². The van der Waals surface area contributed by atoms with Gasteiger partial charge in [-0.2, -0.15) is 0 Å². The Labute approximate surface area is 89.6 Å². The molecule has 1 N–H and O–H groups in total. The Hall–Kier alpha value is -1.02. The zero-order chi connectivity index (χ0) is 11.5. The van der Waals surface area contributed by atoms with Crippen LogP contribution in [0.1, 0.15) is 25.7 Å². The number of terminal acetylenes is 1. The second kappa shape index (κ2) is 4.67. The fraction of sp³-hybridized carbons (Fsp3) is 0.700. The molecule has 0 atom stereocenters. The van der Waals surface area contributed by atoms with E-state index in [4.69, 9.17) is 11.5 Å². The van der Waals surface area contributed by atoms with Gasteiger partial charge in [0.1, 0.15) is 5.75 Å². The molecule has 1 fully saturated rings. The molecule has 0 aromatic carbocycles. The smallest absolute Gasteiger partial charge is 0.306 e. The van der Waals surface area contributed by atoms with Crippen molar-refractivity contribution in [2.75, 3.05) is 5.75 Å². The predicted molar refractivity (Wildman–Crippen MR) is 56.0 cm³/mol. The van der Waals surface area contributed by atoms with E-state index in [-0.39, 0.29) is 11.7 Å². The summed E-state index contributed by atoms with van der Waals surface area (Å²) in [5, 5.41) is 8.31. The van der Waals surface area contributed by atoms with Gasteiger partial charge in [0.2, 0.25) is 0 Å².